The van der Waals surface area contributed by atoms with Crippen LogP contribution in [-0.4, -0.2) is 15.9 Å². The van der Waals surface area contributed by atoms with Gasteiger partial charge in [0, 0.05) is 11.4 Å². The zero-order valence-corrected chi connectivity index (χ0v) is 14.4. The molecule has 0 saturated heterocycles. The lowest BCUT2D eigenvalue weighted by atomic mass is 10.2. The van der Waals surface area contributed by atoms with E-state index in [4.69, 9.17) is 5.26 Å². The van der Waals surface area contributed by atoms with Crippen molar-refractivity contribution >= 4 is 23.2 Å². The molecule has 1 aromatic heterocycles. The van der Waals surface area contributed by atoms with Crippen molar-refractivity contribution in [3.63, 3.8) is 0 Å². The Bertz CT molecular complexity index is 1080. The Morgan fingerprint density at radius 1 is 1.00 bits per heavy atom. The summed E-state index contributed by atoms with van der Waals surface area (Å²) in [6.07, 6.45) is 0. The number of hydrogen-bond donors (Lipinski definition) is 2. The predicted octanol–water partition coefficient (Wildman–Crippen LogP) is 3.52. The summed E-state index contributed by atoms with van der Waals surface area (Å²) >= 11 is 0. The highest BCUT2D eigenvalue weighted by Gasteiger charge is 2.12. The first kappa shape index (κ1) is 17.6. The molecule has 27 heavy (non-hydrogen) atoms. The molecule has 0 bridgehead atoms. The average molecular weight is 354 g/mol. The maximum atomic E-state index is 12.5. The highest BCUT2D eigenvalue weighted by Crippen LogP contribution is 2.18. The number of anilines is 3. The minimum atomic E-state index is -0.401. The number of benzene rings is 2. The SMILES string of the molecule is Cc1cc(C(=O)Nc2ccc(C#N)cc2)nc(Nc2ccccc2C#N)n1. The standard InChI is InChI=1S/C20H14N6O/c1-13-10-18(19(27)24-16-8-6-14(11-21)7-9-16)26-20(23-13)25-17-5-3-2-4-15(17)12-22/h2-10H,1H3,(H,24,27)(H,23,25,26). The summed E-state index contributed by atoms with van der Waals surface area (Å²) in [5.41, 5.74) is 2.86. The lowest BCUT2D eigenvalue weighted by Crippen LogP contribution is -2.15. The van der Waals surface area contributed by atoms with Crippen molar-refractivity contribution in [2.45, 2.75) is 6.92 Å². The Hall–Kier alpha value is -4.23. The molecule has 0 fully saturated rings. The molecule has 1 heterocycles. The van der Waals surface area contributed by atoms with Crippen LogP contribution < -0.4 is 10.6 Å². The van der Waals surface area contributed by atoms with Crippen molar-refractivity contribution in [3.8, 4) is 12.1 Å². The smallest absolute Gasteiger partial charge is 0.274 e. The van der Waals surface area contributed by atoms with Crippen LogP contribution >= 0.6 is 0 Å². The topological polar surface area (TPSA) is 114 Å². The number of aryl methyl sites for hydroxylation is 1. The van der Waals surface area contributed by atoms with Gasteiger partial charge in [-0.1, -0.05) is 12.1 Å². The van der Waals surface area contributed by atoms with E-state index in [0.717, 1.165) is 0 Å². The van der Waals surface area contributed by atoms with Gasteiger partial charge in [0.05, 0.1) is 22.9 Å². The molecule has 0 aliphatic carbocycles. The first-order valence-corrected chi connectivity index (χ1v) is 8.02. The van der Waals surface area contributed by atoms with Gasteiger partial charge in [0.15, 0.2) is 0 Å². The minimum absolute atomic E-state index is 0.184. The van der Waals surface area contributed by atoms with E-state index in [1.54, 1.807) is 61.5 Å². The number of hydrogen-bond acceptors (Lipinski definition) is 6. The van der Waals surface area contributed by atoms with Gasteiger partial charge in [-0.15, -0.1) is 0 Å². The van der Waals surface area contributed by atoms with E-state index < -0.39 is 5.91 Å². The van der Waals surface area contributed by atoms with E-state index in [2.05, 4.69) is 26.7 Å². The van der Waals surface area contributed by atoms with Gasteiger partial charge in [0.25, 0.3) is 5.91 Å². The number of carbonyl (C=O) groups is 1. The molecule has 130 valence electrons. The molecule has 0 saturated carbocycles. The van der Waals surface area contributed by atoms with E-state index in [-0.39, 0.29) is 11.6 Å². The van der Waals surface area contributed by atoms with E-state index in [1.807, 2.05) is 6.07 Å². The molecule has 0 radical (unpaired) electrons. The van der Waals surface area contributed by atoms with Crippen LogP contribution in [-0.2, 0) is 0 Å². The highest BCUT2D eigenvalue weighted by atomic mass is 16.1. The molecular formula is C20H14N6O. The molecule has 0 aliphatic heterocycles. The number of carbonyl (C=O) groups excluding carboxylic acids is 1. The Morgan fingerprint density at radius 2 is 1.74 bits per heavy atom. The largest absolute Gasteiger partial charge is 0.323 e. The van der Waals surface area contributed by atoms with E-state index in [1.165, 1.54) is 0 Å². The van der Waals surface area contributed by atoms with E-state index in [9.17, 15) is 10.1 Å². The molecule has 7 heteroatoms. The highest BCUT2D eigenvalue weighted by molar-refractivity contribution is 6.03. The monoisotopic (exact) mass is 354 g/mol. The zero-order valence-electron chi connectivity index (χ0n) is 14.4. The molecule has 7 nitrogen and oxygen atoms in total. The lowest BCUT2D eigenvalue weighted by molar-refractivity contribution is 0.102. The van der Waals surface area contributed by atoms with Crippen LogP contribution in [0.4, 0.5) is 17.3 Å². The number of rotatable bonds is 4. The average Bonchev–Trinajstić information content (AvgIpc) is 2.68. The fraction of sp³-hybridized carbons (Fsp3) is 0.0500. The number of nitriles is 2. The number of para-hydroxylation sites is 1. The van der Waals surface area contributed by atoms with Crippen LogP contribution in [0.2, 0.25) is 0 Å². The molecule has 3 aromatic rings. The third-order valence-corrected chi connectivity index (χ3v) is 3.65. The second-order valence-electron chi connectivity index (χ2n) is 5.64. The first-order chi connectivity index (χ1) is 13.1. The summed E-state index contributed by atoms with van der Waals surface area (Å²) in [6, 6.07) is 19.2. The van der Waals surface area contributed by atoms with Crippen LogP contribution in [0.15, 0.2) is 54.6 Å². The van der Waals surface area contributed by atoms with E-state index in [0.29, 0.717) is 28.2 Å². The summed E-state index contributed by atoms with van der Waals surface area (Å²) in [5.74, 6) is -0.176. The summed E-state index contributed by atoms with van der Waals surface area (Å²) in [6.45, 7) is 1.75. The van der Waals surface area contributed by atoms with Gasteiger partial charge in [-0.05, 0) is 49.4 Å². The number of amides is 1. The molecule has 3 rings (SSSR count). The Balaban J connectivity index is 1.83. The fourth-order valence-corrected chi connectivity index (χ4v) is 2.37. The van der Waals surface area contributed by atoms with Crippen molar-refractivity contribution < 1.29 is 4.79 Å². The summed E-state index contributed by atoms with van der Waals surface area (Å²) in [4.78, 5) is 21.0. The van der Waals surface area contributed by atoms with Crippen LogP contribution in [0.1, 0.15) is 27.3 Å². The van der Waals surface area contributed by atoms with Gasteiger partial charge in [0.1, 0.15) is 11.8 Å². The van der Waals surface area contributed by atoms with Gasteiger partial charge < -0.3 is 10.6 Å². The lowest BCUT2D eigenvalue weighted by Gasteiger charge is -2.10. The number of nitrogens with one attached hydrogen (secondary N) is 2. The first-order valence-electron chi connectivity index (χ1n) is 8.02. The zero-order chi connectivity index (χ0) is 19.2. The van der Waals surface area contributed by atoms with Crippen LogP contribution in [0, 0.1) is 29.6 Å². The van der Waals surface area contributed by atoms with Crippen LogP contribution in [0.5, 0.6) is 0 Å². The summed E-state index contributed by atoms with van der Waals surface area (Å²) in [7, 11) is 0. The molecule has 2 aromatic carbocycles. The molecule has 2 N–H and O–H groups in total. The van der Waals surface area contributed by atoms with Crippen molar-refractivity contribution in [1.82, 2.24) is 9.97 Å². The maximum Gasteiger partial charge on any atom is 0.274 e. The number of aromatic nitrogens is 2. The summed E-state index contributed by atoms with van der Waals surface area (Å²) < 4.78 is 0. The third-order valence-electron chi connectivity index (χ3n) is 3.65. The van der Waals surface area contributed by atoms with Crippen LogP contribution in [0.25, 0.3) is 0 Å². The molecule has 1 amide bonds. The Morgan fingerprint density at radius 3 is 2.44 bits per heavy atom. The maximum absolute atomic E-state index is 12.5. The van der Waals surface area contributed by atoms with Crippen molar-refractivity contribution in [1.29, 1.82) is 10.5 Å². The molecule has 0 atom stereocenters. The molecule has 0 spiro atoms. The van der Waals surface area contributed by atoms with Gasteiger partial charge in [0.2, 0.25) is 5.95 Å². The Kier molecular flexibility index (Phi) is 5.06. The van der Waals surface area contributed by atoms with Gasteiger partial charge in [-0.25, -0.2) is 9.97 Å². The third kappa shape index (κ3) is 4.25. The van der Waals surface area contributed by atoms with Crippen LogP contribution in [0.3, 0.4) is 0 Å². The molecular weight excluding hydrogens is 340 g/mol. The Labute approximate surface area is 155 Å². The van der Waals surface area contributed by atoms with Crippen molar-refractivity contribution in [3.05, 3.63) is 77.1 Å². The summed E-state index contributed by atoms with van der Waals surface area (Å²) in [5, 5.41) is 23.7. The minimum Gasteiger partial charge on any atom is -0.323 e. The van der Waals surface area contributed by atoms with Gasteiger partial charge >= 0.3 is 0 Å². The second kappa shape index (κ2) is 7.77. The normalized spacial score (nSPS) is 9.74. The second-order valence-corrected chi connectivity index (χ2v) is 5.64. The fourth-order valence-electron chi connectivity index (χ4n) is 2.37. The molecule has 0 unspecified atom stereocenters. The van der Waals surface area contributed by atoms with Crippen molar-refractivity contribution in [2.75, 3.05) is 10.6 Å². The van der Waals surface area contributed by atoms with Gasteiger partial charge in [-0.2, -0.15) is 10.5 Å². The quantitative estimate of drug-likeness (QED) is 0.741. The van der Waals surface area contributed by atoms with Gasteiger partial charge in [-0.3, -0.25) is 4.79 Å². The van der Waals surface area contributed by atoms with Crippen molar-refractivity contribution in [2.24, 2.45) is 0 Å². The number of nitrogens with zero attached hydrogens (tertiary/aromatic N) is 4. The predicted molar refractivity (Wildman–Crippen MR) is 100 cm³/mol. The van der Waals surface area contributed by atoms with E-state index >= 15 is 0 Å². The molecule has 0 aliphatic rings.